The van der Waals surface area contributed by atoms with Crippen molar-refractivity contribution in [2.45, 2.75) is 0 Å². The zero-order chi connectivity index (χ0) is 53.0. The molecular weight excluding hydrogens is 1440 g/mol. The van der Waals surface area contributed by atoms with Crippen molar-refractivity contribution in [3.05, 3.63) is 263 Å². The minimum absolute atomic E-state index is 0. The summed E-state index contributed by atoms with van der Waals surface area (Å²) in [5.41, 5.74) is 0.986. The van der Waals surface area contributed by atoms with Crippen LogP contribution in [0.2, 0.25) is 0 Å². The number of ether oxygens (including phenoxy) is 1. The summed E-state index contributed by atoms with van der Waals surface area (Å²) in [5.74, 6) is 0.848. The van der Waals surface area contributed by atoms with Gasteiger partial charge in [-0.1, -0.05) is 176 Å². The van der Waals surface area contributed by atoms with Gasteiger partial charge >= 0.3 is 0 Å². The fourth-order valence-electron chi connectivity index (χ4n) is 6.17. The Hall–Kier alpha value is -3.17. The van der Waals surface area contributed by atoms with Crippen LogP contribution in [0.1, 0.15) is 0 Å². The zero-order valence-electron chi connectivity index (χ0n) is 40.0. The summed E-state index contributed by atoms with van der Waals surface area (Å²) in [4.78, 5) is 0. The number of methoxy groups -OCH3 is 1. The summed E-state index contributed by atoms with van der Waals surface area (Å²) in [6.45, 7) is 17.2. The minimum atomic E-state index is -4.94. The summed E-state index contributed by atoms with van der Waals surface area (Å²) < 4.78 is 73.7. The van der Waals surface area contributed by atoms with Crippen molar-refractivity contribution in [3.8, 4) is 5.75 Å². The molecule has 0 fully saturated rings. The van der Waals surface area contributed by atoms with Crippen LogP contribution in [-0.2, 0) is 44.8 Å². The van der Waals surface area contributed by atoms with Crippen LogP contribution in [0.3, 0.4) is 0 Å². The Kier molecular flexibility index (Phi) is 33.5. The molecule has 0 aromatic heterocycles. The van der Waals surface area contributed by atoms with Gasteiger partial charge in [0.1, 0.15) is 10.1 Å². The average molecular weight is 1490 g/mol. The van der Waals surface area contributed by atoms with E-state index in [1.54, 1.807) is 7.11 Å². The molecule has 0 saturated carbocycles. The number of rotatable bonds is 9. The minimum Gasteiger partial charge on any atom is -0.497 e. The van der Waals surface area contributed by atoms with Crippen LogP contribution in [0.15, 0.2) is 237 Å². The van der Waals surface area contributed by atoms with Gasteiger partial charge in [0.05, 0.1) is 7.11 Å². The van der Waals surface area contributed by atoms with Gasteiger partial charge in [0.15, 0.2) is 0 Å². The monoisotopic (exact) mass is 1490 g/mol. The van der Waals surface area contributed by atoms with E-state index in [4.69, 9.17) is 54.2 Å². The predicted octanol–water partition coefficient (Wildman–Crippen LogP) is 3.16. The molecule has 1 N–H and O–H groups in total. The second kappa shape index (κ2) is 36.0. The molecule has 74 heavy (non-hydrogen) atoms. The second-order valence-electron chi connectivity index (χ2n) is 14.7. The molecule has 0 atom stereocenters. The number of anilines is 1. The Labute approximate surface area is 484 Å². The van der Waals surface area contributed by atoms with E-state index in [0.717, 1.165) is 15.8 Å². The average Bonchev–Trinajstić information content (AvgIpc) is 3.38. The van der Waals surface area contributed by atoms with Crippen LogP contribution in [0.25, 0.3) is 0 Å². The third-order valence-electron chi connectivity index (χ3n) is 9.57. The molecule has 8 rings (SSSR count). The van der Waals surface area contributed by atoms with Crippen LogP contribution < -0.4 is 84.5 Å². The fraction of sp³-hybridized carbons (Fsp3) is 0.0364. The Bertz CT molecular complexity index is 2410. The van der Waals surface area contributed by atoms with Gasteiger partial charge in [-0.25, -0.2) is 37.3 Å². The first kappa shape index (κ1) is 68.8. The molecule has 0 heterocycles. The van der Waals surface area contributed by atoms with Crippen LogP contribution in [0.4, 0.5) is 5.69 Å². The van der Waals surface area contributed by atoms with E-state index in [1.807, 2.05) is 103 Å². The second-order valence-corrected chi connectivity index (χ2v) is 25.9. The van der Waals surface area contributed by atoms with Crippen molar-refractivity contribution in [2.75, 3.05) is 18.7 Å². The predicted molar refractivity (Wildman–Crippen MR) is 287 cm³/mol. The Morgan fingerprint density at radius 1 is 0.432 bits per heavy atom. The number of hydrogen-bond donors (Lipinski definition) is 1. The SMILES string of the molecule is COc1ccc(NC(=S)SC)cc1.[Au].[Au].[CH2-][P+]([CH2-])(c1ccccc1)c1ccccc1.[CH2-][P+]([CH2-])(c1ccccc1)c1ccccc1.[O-][Cl+3]([O-])([O-])[O-].[O-][Cl+3]([O-])([O-])[O-].c1ccc(P(c2ccccc2)c2ccccc2)cc1. The number of thiocarbonyl (C=S) groups is 1. The van der Waals surface area contributed by atoms with Crippen LogP contribution in [0, 0.1) is 47.1 Å². The molecule has 8 aromatic carbocycles. The summed E-state index contributed by atoms with van der Waals surface area (Å²) in [6, 6.07) is 81.3. The van der Waals surface area contributed by atoms with Crippen molar-refractivity contribution in [2.24, 2.45) is 0 Å². The molecule has 8 aromatic rings. The molecule has 400 valence electrons. The third kappa shape index (κ3) is 27.7. The molecule has 0 bridgehead atoms. The molecule has 0 aliphatic carbocycles. The number of hydrogen-bond acceptors (Lipinski definition) is 11. The maximum atomic E-state index is 8.49. The smallest absolute Gasteiger partial charge is 0.137 e. The quantitative estimate of drug-likeness (QED) is 0.0959. The standard InChI is InChI=1S/C18H15P.2C14H14P.C9H11NOS2.2Au.2ClHO4/c1-4-10-16(11-5-1)19(17-12-6-2-7-13-17)18-14-8-3-9-15-18;2*1-15(2,13-9-5-3-6-10-13)14-11-7-4-8-12-14;1-11-8-5-3-7(4-6-8)10-9(12)13-2;;;2*2-1(3,4)5/h1-15H;2*3-12H,1-2H2;3-6H,1-2H3,(H,10,12);;;2*(H,2,3,4,5)/q;2*-1;;;;;/p-2. The number of nitrogens with one attached hydrogen (secondary N) is 1. The molecule has 0 unspecified atom stereocenters. The van der Waals surface area contributed by atoms with Gasteiger partial charge in [-0.2, -0.15) is 41.2 Å². The van der Waals surface area contributed by atoms with Crippen LogP contribution in [0.5, 0.6) is 5.75 Å². The Balaban J connectivity index is 0.000000464. The maximum absolute atomic E-state index is 8.49. The van der Waals surface area contributed by atoms with Gasteiger partial charge in [-0.05, 0) is 103 Å². The first-order valence-electron chi connectivity index (χ1n) is 21.2. The van der Waals surface area contributed by atoms with Crippen LogP contribution in [-0.4, -0.2) is 17.7 Å². The van der Waals surface area contributed by atoms with Gasteiger partial charge in [0.2, 0.25) is 0 Å². The van der Waals surface area contributed by atoms with E-state index in [9.17, 15) is 0 Å². The molecule has 0 saturated heterocycles. The summed E-state index contributed by atoms with van der Waals surface area (Å²) in [7, 11) is -12.0. The fourth-order valence-corrected chi connectivity index (χ4v) is 12.4. The van der Waals surface area contributed by atoms with Crippen molar-refractivity contribution < 1.29 is 107 Å². The number of thioether (sulfide) groups is 1. The summed E-state index contributed by atoms with van der Waals surface area (Å²) in [5, 5.41) is 12.3. The molecule has 0 aliphatic heterocycles. The Morgan fingerprint density at radius 2 is 0.649 bits per heavy atom. The van der Waals surface area contributed by atoms with Crippen molar-refractivity contribution >= 4 is 93.6 Å². The third-order valence-corrected chi connectivity index (χ3v) is 18.2. The molecule has 19 heteroatoms. The molecule has 0 aliphatic rings. The van der Waals surface area contributed by atoms with E-state index in [1.165, 1.54) is 48.9 Å². The Morgan fingerprint density at radius 3 is 0.851 bits per heavy atom. The zero-order valence-corrected chi connectivity index (χ0v) is 50.2. The summed E-state index contributed by atoms with van der Waals surface area (Å²) in [6.07, 6.45) is 1.94. The van der Waals surface area contributed by atoms with Gasteiger partial charge in [-0.15, -0.1) is 32.2 Å². The van der Waals surface area contributed by atoms with Gasteiger partial charge in [0, 0.05) is 71.7 Å². The van der Waals surface area contributed by atoms with Crippen molar-refractivity contribution in [3.63, 3.8) is 0 Å². The van der Waals surface area contributed by atoms with E-state index in [0.29, 0.717) is 0 Å². The van der Waals surface area contributed by atoms with Crippen molar-refractivity contribution in [1.29, 1.82) is 0 Å². The van der Waals surface area contributed by atoms with Gasteiger partial charge < -0.3 is 10.1 Å². The molecule has 0 amide bonds. The topological polar surface area (TPSA) is 206 Å². The summed E-state index contributed by atoms with van der Waals surface area (Å²) >= 11 is 6.54. The van der Waals surface area contributed by atoms with E-state index >= 15 is 0 Å². The molecule has 10 nitrogen and oxygen atoms in total. The maximum Gasteiger partial charge on any atom is 0.137 e. The largest absolute Gasteiger partial charge is 0.497 e. The normalized spacial score (nSPS) is 10.6. The van der Waals surface area contributed by atoms with E-state index < -0.39 is 42.9 Å². The van der Waals surface area contributed by atoms with Crippen molar-refractivity contribution in [1.82, 2.24) is 0 Å². The molecular formula is C55H54Au2Cl2NO9P3S2-4. The van der Waals surface area contributed by atoms with E-state index in [-0.39, 0.29) is 44.8 Å². The van der Waals surface area contributed by atoms with E-state index in [2.05, 4.69) is 172 Å². The molecule has 2 radical (unpaired) electrons. The van der Waals surface area contributed by atoms with Crippen LogP contribution >= 0.6 is 46.4 Å². The first-order chi connectivity index (χ1) is 34.1. The molecule has 0 spiro atoms. The first-order valence-corrected chi connectivity index (χ1v) is 31.0. The number of benzene rings is 8. The van der Waals surface area contributed by atoms with Gasteiger partial charge in [0.25, 0.3) is 0 Å². The number of halogens is 2. The van der Waals surface area contributed by atoms with Gasteiger partial charge in [-0.3, -0.25) is 0 Å².